The molecule has 0 bridgehead atoms. The summed E-state index contributed by atoms with van der Waals surface area (Å²) in [4.78, 5) is 0. The van der Waals surface area contributed by atoms with Crippen LogP contribution in [0.3, 0.4) is 0 Å². The van der Waals surface area contributed by atoms with Crippen molar-refractivity contribution < 1.29 is 8.78 Å². The predicted molar refractivity (Wildman–Crippen MR) is 115 cm³/mol. The van der Waals surface area contributed by atoms with Crippen LogP contribution in [0.15, 0.2) is 60.7 Å². The maximum atomic E-state index is 14.4. The van der Waals surface area contributed by atoms with E-state index in [0.717, 1.165) is 24.8 Å². The van der Waals surface area contributed by atoms with E-state index >= 15 is 0 Å². The van der Waals surface area contributed by atoms with Crippen molar-refractivity contribution in [2.24, 2.45) is 0 Å². The average molecular weight is 395 g/mol. The Morgan fingerprint density at radius 1 is 0.700 bits per heavy atom. The van der Waals surface area contributed by atoms with Crippen LogP contribution < -0.4 is 0 Å². The van der Waals surface area contributed by atoms with Crippen molar-refractivity contribution in [1.29, 1.82) is 5.26 Å². The Morgan fingerprint density at radius 2 is 1.20 bits per heavy atom. The molecule has 0 aliphatic carbocycles. The Hall–Kier alpha value is -3.87. The van der Waals surface area contributed by atoms with Gasteiger partial charge in [0.2, 0.25) is 0 Å². The summed E-state index contributed by atoms with van der Waals surface area (Å²) in [5, 5.41) is 8.80. The van der Waals surface area contributed by atoms with Gasteiger partial charge in [-0.2, -0.15) is 5.26 Å². The lowest BCUT2D eigenvalue weighted by atomic mass is 10.1. The molecule has 3 rings (SSSR count). The molecule has 0 aliphatic rings. The first kappa shape index (κ1) is 20.9. The minimum atomic E-state index is -0.754. The summed E-state index contributed by atoms with van der Waals surface area (Å²) in [6.07, 6.45) is 3.32. The third-order valence-corrected chi connectivity index (χ3v) is 4.51. The van der Waals surface area contributed by atoms with Crippen molar-refractivity contribution >= 4 is 0 Å². The molecule has 146 valence electrons. The van der Waals surface area contributed by atoms with Gasteiger partial charge < -0.3 is 0 Å². The van der Waals surface area contributed by atoms with E-state index in [1.807, 2.05) is 30.3 Å². The molecule has 3 heteroatoms. The molecule has 0 spiro atoms. The van der Waals surface area contributed by atoms with E-state index < -0.39 is 11.6 Å². The Kier molecular flexibility index (Phi) is 7.00. The van der Waals surface area contributed by atoms with Gasteiger partial charge in [-0.1, -0.05) is 49.2 Å². The van der Waals surface area contributed by atoms with Crippen molar-refractivity contribution in [2.75, 3.05) is 0 Å². The summed E-state index contributed by atoms with van der Waals surface area (Å²) in [7, 11) is 0. The number of hydrogen-bond donors (Lipinski definition) is 0. The highest BCUT2D eigenvalue weighted by atomic mass is 19.1. The van der Waals surface area contributed by atoms with Crippen molar-refractivity contribution in [3.63, 3.8) is 0 Å². The van der Waals surface area contributed by atoms with Crippen molar-refractivity contribution in [2.45, 2.75) is 26.2 Å². The van der Waals surface area contributed by atoms with Crippen molar-refractivity contribution in [3.05, 3.63) is 106 Å². The molecule has 0 radical (unpaired) electrons. The van der Waals surface area contributed by atoms with E-state index in [-0.39, 0.29) is 11.1 Å². The first-order valence-corrected chi connectivity index (χ1v) is 9.71. The number of aryl methyl sites for hydroxylation is 1. The predicted octanol–water partition coefficient (Wildman–Crippen LogP) is 5.98. The molecule has 0 N–H and O–H groups in total. The van der Waals surface area contributed by atoms with Crippen molar-refractivity contribution in [3.8, 4) is 29.8 Å². The van der Waals surface area contributed by atoms with Crippen LogP contribution in [0.5, 0.6) is 0 Å². The van der Waals surface area contributed by atoms with Gasteiger partial charge in [-0.05, 0) is 66.9 Å². The maximum absolute atomic E-state index is 14.4. The third-order valence-electron chi connectivity index (χ3n) is 4.51. The molecule has 30 heavy (non-hydrogen) atoms. The molecule has 3 aromatic rings. The van der Waals surface area contributed by atoms with Gasteiger partial charge in [0.25, 0.3) is 0 Å². The van der Waals surface area contributed by atoms with Crippen LogP contribution in [-0.2, 0) is 6.42 Å². The average Bonchev–Trinajstić information content (AvgIpc) is 2.77. The third kappa shape index (κ3) is 5.57. The second-order valence-electron chi connectivity index (χ2n) is 6.80. The number of nitriles is 1. The summed E-state index contributed by atoms with van der Waals surface area (Å²) in [5.41, 5.74) is 3.06. The number of nitrogens with zero attached hydrogens (tertiary/aromatic N) is 1. The minimum absolute atomic E-state index is 0.254. The lowest BCUT2D eigenvalue weighted by Gasteiger charge is -2.00. The van der Waals surface area contributed by atoms with Gasteiger partial charge in [-0.25, -0.2) is 8.78 Å². The Morgan fingerprint density at radius 3 is 1.77 bits per heavy atom. The molecule has 0 unspecified atom stereocenters. The Balaban J connectivity index is 1.78. The standard InChI is InChI=1S/C27H19F2N/c1-2-3-4-20-5-7-21(8-6-20)11-14-24-17-26(28)25(27(29)18-24)16-15-22-9-12-23(19-30)13-10-22/h5-10,12-13,17-18H,2-4H2,1H3. The topological polar surface area (TPSA) is 23.8 Å². The summed E-state index contributed by atoms with van der Waals surface area (Å²) in [6, 6.07) is 18.8. The molecule has 0 atom stereocenters. The van der Waals surface area contributed by atoms with Gasteiger partial charge in [-0.15, -0.1) is 0 Å². The fraction of sp³-hybridized carbons (Fsp3) is 0.148. The largest absolute Gasteiger partial charge is 0.205 e. The zero-order valence-corrected chi connectivity index (χ0v) is 16.6. The van der Waals surface area contributed by atoms with E-state index in [0.29, 0.717) is 11.1 Å². The molecular weight excluding hydrogens is 376 g/mol. The number of benzene rings is 3. The van der Waals surface area contributed by atoms with Crippen LogP contribution in [0.1, 0.15) is 53.1 Å². The van der Waals surface area contributed by atoms with E-state index in [1.54, 1.807) is 24.3 Å². The highest BCUT2D eigenvalue weighted by molar-refractivity contribution is 5.50. The number of halogens is 2. The molecule has 0 amide bonds. The Labute approximate surface area is 176 Å². The quantitative estimate of drug-likeness (QED) is 0.501. The van der Waals surface area contributed by atoms with Crippen molar-refractivity contribution in [1.82, 2.24) is 0 Å². The van der Waals surface area contributed by atoms with Crippen LogP contribution in [-0.4, -0.2) is 0 Å². The van der Waals surface area contributed by atoms with Gasteiger partial charge in [0.1, 0.15) is 11.6 Å². The zero-order valence-electron chi connectivity index (χ0n) is 16.6. The summed E-state index contributed by atoms with van der Waals surface area (Å²) in [6.45, 7) is 2.15. The highest BCUT2D eigenvalue weighted by Crippen LogP contribution is 2.15. The van der Waals surface area contributed by atoms with Gasteiger partial charge in [0.05, 0.1) is 17.2 Å². The molecule has 0 aromatic heterocycles. The van der Waals surface area contributed by atoms with Crippen LogP contribution in [0.4, 0.5) is 8.78 Å². The van der Waals surface area contributed by atoms with Gasteiger partial charge in [0, 0.05) is 16.7 Å². The number of hydrogen-bond acceptors (Lipinski definition) is 1. The molecule has 0 saturated heterocycles. The monoisotopic (exact) mass is 395 g/mol. The second kappa shape index (κ2) is 10.1. The van der Waals surface area contributed by atoms with Crippen LogP contribution in [0, 0.1) is 46.6 Å². The smallest absolute Gasteiger partial charge is 0.143 e. The van der Waals surface area contributed by atoms with E-state index in [1.165, 1.54) is 17.7 Å². The molecular formula is C27H19F2N. The lowest BCUT2D eigenvalue weighted by Crippen LogP contribution is -1.92. The maximum Gasteiger partial charge on any atom is 0.143 e. The number of rotatable bonds is 3. The van der Waals surface area contributed by atoms with E-state index in [9.17, 15) is 8.78 Å². The second-order valence-corrected chi connectivity index (χ2v) is 6.80. The normalized spacial score (nSPS) is 9.67. The van der Waals surface area contributed by atoms with Crippen LogP contribution in [0.2, 0.25) is 0 Å². The van der Waals surface area contributed by atoms with E-state index in [2.05, 4.69) is 30.6 Å². The molecule has 0 fully saturated rings. The summed E-state index contributed by atoms with van der Waals surface area (Å²) >= 11 is 0. The molecule has 3 aromatic carbocycles. The molecule has 1 nitrogen and oxygen atoms in total. The first-order chi connectivity index (χ1) is 14.6. The van der Waals surface area contributed by atoms with Crippen LogP contribution >= 0.6 is 0 Å². The molecule has 0 saturated carbocycles. The fourth-order valence-corrected chi connectivity index (χ4v) is 2.81. The minimum Gasteiger partial charge on any atom is -0.205 e. The fourth-order valence-electron chi connectivity index (χ4n) is 2.81. The van der Waals surface area contributed by atoms with Gasteiger partial charge >= 0.3 is 0 Å². The zero-order chi connectivity index (χ0) is 21.3. The summed E-state index contributed by atoms with van der Waals surface area (Å²) < 4.78 is 28.8. The SMILES string of the molecule is CCCCc1ccc(C#Cc2cc(F)c(C#Cc3ccc(C#N)cc3)c(F)c2)cc1. The number of unbranched alkanes of at least 4 members (excludes halogenated alkanes) is 1. The summed E-state index contributed by atoms with van der Waals surface area (Å²) in [5.74, 6) is 9.49. The van der Waals surface area contributed by atoms with Gasteiger partial charge in [-0.3, -0.25) is 0 Å². The lowest BCUT2D eigenvalue weighted by molar-refractivity contribution is 0.577. The van der Waals surface area contributed by atoms with E-state index in [4.69, 9.17) is 5.26 Å². The highest BCUT2D eigenvalue weighted by Gasteiger charge is 2.08. The molecule has 0 aliphatic heterocycles. The van der Waals surface area contributed by atoms with Gasteiger partial charge in [0.15, 0.2) is 0 Å². The van der Waals surface area contributed by atoms with Crippen LogP contribution in [0.25, 0.3) is 0 Å². The Bertz CT molecular complexity index is 1170. The first-order valence-electron chi connectivity index (χ1n) is 9.71. The molecule has 0 heterocycles.